The van der Waals surface area contributed by atoms with Crippen LogP contribution in [0.3, 0.4) is 0 Å². The molecule has 0 N–H and O–H groups in total. The van der Waals surface area contributed by atoms with Crippen LogP contribution in [0.1, 0.15) is 11.1 Å². The van der Waals surface area contributed by atoms with E-state index in [1.54, 1.807) is 12.3 Å². The Morgan fingerprint density at radius 2 is 1.90 bits per heavy atom. The number of aromatic nitrogens is 1. The first kappa shape index (κ1) is 12.2. The second-order valence-corrected chi connectivity index (χ2v) is 4.42. The van der Waals surface area contributed by atoms with Crippen molar-refractivity contribution in [2.24, 2.45) is 0 Å². The van der Waals surface area contributed by atoms with Crippen LogP contribution >= 0.6 is 0 Å². The molecule has 0 fully saturated rings. The van der Waals surface area contributed by atoms with Gasteiger partial charge in [0.05, 0.1) is 17.1 Å². The summed E-state index contributed by atoms with van der Waals surface area (Å²) in [5.41, 5.74) is 2.52. The molecule has 0 bridgehead atoms. The van der Waals surface area contributed by atoms with Crippen molar-refractivity contribution in [3.63, 3.8) is 0 Å². The Hall–Kier alpha value is -2.86. The van der Waals surface area contributed by atoms with Crippen molar-refractivity contribution in [2.75, 3.05) is 0 Å². The maximum atomic E-state index is 9.05. The standard InChI is InChI=1S/C17H12N2O/c18-11-14-8-9-19-17-10-15(6-7-16(14)17)20-12-13-4-2-1-3-5-13/h1-10H,12H2. The highest BCUT2D eigenvalue weighted by Crippen LogP contribution is 2.22. The van der Waals surface area contributed by atoms with Crippen LogP contribution in [-0.2, 0) is 6.61 Å². The number of nitrogens with zero attached hydrogens (tertiary/aromatic N) is 2. The van der Waals surface area contributed by atoms with Crippen LogP contribution in [0, 0.1) is 11.3 Å². The summed E-state index contributed by atoms with van der Waals surface area (Å²) in [7, 11) is 0. The number of rotatable bonds is 3. The van der Waals surface area contributed by atoms with Crippen molar-refractivity contribution in [1.29, 1.82) is 5.26 Å². The number of benzene rings is 2. The number of nitriles is 1. The second-order valence-electron chi connectivity index (χ2n) is 4.42. The van der Waals surface area contributed by atoms with Crippen molar-refractivity contribution < 1.29 is 4.74 Å². The molecule has 96 valence electrons. The molecule has 0 aliphatic heterocycles. The predicted molar refractivity (Wildman–Crippen MR) is 77.2 cm³/mol. The van der Waals surface area contributed by atoms with Crippen molar-refractivity contribution >= 4 is 10.9 Å². The Bertz CT molecular complexity index is 776. The fourth-order valence-corrected chi connectivity index (χ4v) is 2.06. The van der Waals surface area contributed by atoms with Crippen LogP contribution in [0.5, 0.6) is 5.75 Å². The van der Waals surface area contributed by atoms with E-state index in [9.17, 15) is 0 Å². The summed E-state index contributed by atoms with van der Waals surface area (Å²) >= 11 is 0. The third-order valence-corrected chi connectivity index (χ3v) is 3.08. The SMILES string of the molecule is N#Cc1ccnc2cc(OCc3ccccc3)ccc12. The number of hydrogen-bond acceptors (Lipinski definition) is 3. The minimum Gasteiger partial charge on any atom is -0.489 e. The monoisotopic (exact) mass is 260 g/mol. The molecule has 0 aliphatic carbocycles. The van der Waals surface area contributed by atoms with Crippen LogP contribution in [0.15, 0.2) is 60.8 Å². The molecule has 3 rings (SSSR count). The largest absolute Gasteiger partial charge is 0.489 e. The Morgan fingerprint density at radius 1 is 1.05 bits per heavy atom. The van der Waals surface area contributed by atoms with E-state index in [1.165, 1.54) is 0 Å². The molecule has 2 aromatic carbocycles. The van der Waals surface area contributed by atoms with E-state index >= 15 is 0 Å². The van der Waals surface area contributed by atoms with Gasteiger partial charge in [-0.25, -0.2) is 0 Å². The van der Waals surface area contributed by atoms with E-state index in [1.807, 2.05) is 48.5 Å². The van der Waals surface area contributed by atoms with Crippen molar-refractivity contribution in [1.82, 2.24) is 4.98 Å². The summed E-state index contributed by atoms with van der Waals surface area (Å²) in [5, 5.41) is 9.90. The summed E-state index contributed by atoms with van der Waals surface area (Å²) in [5.74, 6) is 0.754. The molecule has 3 heteroatoms. The van der Waals surface area contributed by atoms with Gasteiger partial charge in [0.1, 0.15) is 12.4 Å². The van der Waals surface area contributed by atoms with Crippen LogP contribution in [0.4, 0.5) is 0 Å². The van der Waals surface area contributed by atoms with Gasteiger partial charge in [-0.05, 0) is 23.8 Å². The third kappa shape index (κ3) is 2.45. The summed E-state index contributed by atoms with van der Waals surface area (Å²) in [6, 6.07) is 19.5. The van der Waals surface area contributed by atoms with Gasteiger partial charge in [0.15, 0.2) is 0 Å². The van der Waals surface area contributed by atoms with Crippen molar-refractivity contribution in [3.8, 4) is 11.8 Å². The molecule has 0 saturated carbocycles. The molecule has 0 saturated heterocycles. The van der Waals surface area contributed by atoms with Gasteiger partial charge in [0.25, 0.3) is 0 Å². The molecule has 0 radical (unpaired) electrons. The lowest BCUT2D eigenvalue weighted by Gasteiger charge is -2.07. The topological polar surface area (TPSA) is 45.9 Å². The van der Waals surface area contributed by atoms with Crippen molar-refractivity contribution in [2.45, 2.75) is 6.61 Å². The molecular formula is C17H12N2O. The van der Waals surface area contributed by atoms with Crippen LogP contribution < -0.4 is 4.74 Å². The average molecular weight is 260 g/mol. The number of ether oxygens (including phenoxy) is 1. The normalized spacial score (nSPS) is 10.2. The lowest BCUT2D eigenvalue weighted by atomic mass is 10.1. The zero-order valence-corrected chi connectivity index (χ0v) is 10.8. The first-order chi connectivity index (χ1) is 9.86. The maximum Gasteiger partial charge on any atom is 0.122 e. The van der Waals surface area contributed by atoms with E-state index < -0.39 is 0 Å². The predicted octanol–water partition coefficient (Wildman–Crippen LogP) is 3.69. The Morgan fingerprint density at radius 3 is 2.70 bits per heavy atom. The first-order valence-electron chi connectivity index (χ1n) is 6.32. The lowest BCUT2D eigenvalue weighted by molar-refractivity contribution is 0.306. The molecular weight excluding hydrogens is 248 g/mol. The van der Waals surface area contributed by atoms with Crippen LogP contribution in [-0.4, -0.2) is 4.98 Å². The number of fused-ring (bicyclic) bond motifs is 1. The summed E-state index contributed by atoms with van der Waals surface area (Å²) in [4.78, 5) is 4.27. The molecule has 1 heterocycles. The molecule has 3 nitrogen and oxygen atoms in total. The molecule has 20 heavy (non-hydrogen) atoms. The highest BCUT2D eigenvalue weighted by molar-refractivity contribution is 5.85. The lowest BCUT2D eigenvalue weighted by Crippen LogP contribution is -1.95. The van der Waals surface area contributed by atoms with Gasteiger partial charge in [-0.15, -0.1) is 0 Å². The van der Waals surface area contributed by atoms with E-state index in [0.29, 0.717) is 12.2 Å². The van der Waals surface area contributed by atoms with Gasteiger partial charge in [0, 0.05) is 17.6 Å². The molecule has 3 aromatic rings. The average Bonchev–Trinajstić information content (AvgIpc) is 2.53. The first-order valence-corrected chi connectivity index (χ1v) is 6.32. The van der Waals surface area contributed by atoms with Gasteiger partial charge in [-0.2, -0.15) is 5.26 Å². The summed E-state index contributed by atoms with van der Waals surface area (Å²) in [6.45, 7) is 0.518. The van der Waals surface area contributed by atoms with Crippen LogP contribution in [0.25, 0.3) is 10.9 Å². The summed E-state index contributed by atoms with van der Waals surface area (Å²) in [6.07, 6.45) is 1.64. The van der Waals surface area contributed by atoms with Gasteiger partial charge < -0.3 is 4.74 Å². The highest BCUT2D eigenvalue weighted by atomic mass is 16.5. The van der Waals surface area contributed by atoms with E-state index in [-0.39, 0.29) is 0 Å². The molecule has 0 unspecified atom stereocenters. The van der Waals surface area contributed by atoms with E-state index in [2.05, 4.69) is 11.1 Å². The zero-order chi connectivity index (χ0) is 13.8. The quantitative estimate of drug-likeness (QED) is 0.721. The molecule has 0 amide bonds. The Kier molecular flexibility index (Phi) is 3.30. The number of pyridine rings is 1. The molecule has 0 aliphatic rings. The third-order valence-electron chi connectivity index (χ3n) is 3.08. The fraction of sp³-hybridized carbons (Fsp3) is 0.0588. The van der Waals surface area contributed by atoms with E-state index in [0.717, 1.165) is 22.2 Å². The number of hydrogen-bond donors (Lipinski definition) is 0. The maximum absolute atomic E-state index is 9.05. The molecule has 0 atom stereocenters. The minimum atomic E-state index is 0.518. The van der Waals surface area contributed by atoms with Gasteiger partial charge in [-0.1, -0.05) is 30.3 Å². The smallest absolute Gasteiger partial charge is 0.122 e. The highest BCUT2D eigenvalue weighted by Gasteiger charge is 2.03. The van der Waals surface area contributed by atoms with E-state index in [4.69, 9.17) is 10.00 Å². The van der Waals surface area contributed by atoms with Gasteiger partial charge in [0.2, 0.25) is 0 Å². The van der Waals surface area contributed by atoms with Gasteiger partial charge >= 0.3 is 0 Å². The minimum absolute atomic E-state index is 0.518. The Balaban J connectivity index is 1.85. The summed E-state index contributed by atoms with van der Waals surface area (Å²) < 4.78 is 5.75. The Labute approximate surface area is 117 Å². The zero-order valence-electron chi connectivity index (χ0n) is 10.8. The van der Waals surface area contributed by atoms with Gasteiger partial charge in [-0.3, -0.25) is 4.98 Å². The molecule has 1 aromatic heterocycles. The second kappa shape index (κ2) is 5.41. The molecule has 0 spiro atoms. The van der Waals surface area contributed by atoms with Crippen LogP contribution in [0.2, 0.25) is 0 Å². The fourth-order valence-electron chi connectivity index (χ4n) is 2.06. The van der Waals surface area contributed by atoms with Crippen molar-refractivity contribution in [3.05, 3.63) is 71.9 Å².